The van der Waals surface area contributed by atoms with Gasteiger partial charge in [-0.2, -0.15) is 0 Å². The third-order valence-electron chi connectivity index (χ3n) is 3.25. The number of carbonyl (C=O) groups is 2. The lowest BCUT2D eigenvalue weighted by Gasteiger charge is -2.08. The molecule has 0 aromatic heterocycles. The summed E-state index contributed by atoms with van der Waals surface area (Å²) in [6.07, 6.45) is 2.63. The highest BCUT2D eigenvalue weighted by molar-refractivity contribution is 6.32. The molecule has 2 amide bonds. The van der Waals surface area contributed by atoms with E-state index in [1.165, 1.54) is 31.3 Å². The van der Waals surface area contributed by atoms with Gasteiger partial charge in [0.05, 0.1) is 16.2 Å². The summed E-state index contributed by atoms with van der Waals surface area (Å²) >= 11 is 5.74. The van der Waals surface area contributed by atoms with E-state index in [1.54, 1.807) is 30.3 Å². The van der Waals surface area contributed by atoms with Gasteiger partial charge in [0.1, 0.15) is 5.02 Å². The maximum Gasteiger partial charge on any atom is 0.288 e. The van der Waals surface area contributed by atoms with Gasteiger partial charge < -0.3 is 10.6 Å². The van der Waals surface area contributed by atoms with Crippen LogP contribution in [0.15, 0.2) is 48.5 Å². The van der Waals surface area contributed by atoms with Crippen LogP contribution in [0, 0.1) is 10.1 Å². The molecular weight excluding hydrogens is 346 g/mol. The van der Waals surface area contributed by atoms with Crippen LogP contribution in [-0.4, -0.2) is 23.8 Å². The fourth-order valence-electron chi connectivity index (χ4n) is 2.04. The van der Waals surface area contributed by atoms with Gasteiger partial charge in [-0.25, -0.2) is 0 Å². The lowest BCUT2D eigenvalue weighted by Crippen LogP contribution is -2.20. The van der Waals surface area contributed by atoms with E-state index in [-0.39, 0.29) is 16.6 Å². The number of halogens is 1. The van der Waals surface area contributed by atoms with Gasteiger partial charge in [0.15, 0.2) is 0 Å². The van der Waals surface area contributed by atoms with Crippen LogP contribution in [0.1, 0.15) is 15.9 Å². The van der Waals surface area contributed by atoms with Crippen molar-refractivity contribution in [1.29, 1.82) is 0 Å². The molecule has 25 heavy (non-hydrogen) atoms. The molecule has 8 heteroatoms. The summed E-state index contributed by atoms with van der Waals surface area (Å²) in [6, 6.07) is 10.8. The molecule has 0 aliphatic rings. The molecule has 0 aliphatic heterocycles. The number of rotatable bonds is 5. The van der Waals surface area contributed by atoms with Crippen LogP contribution in [-0.2, 0) is 4.79 Å². The number of amides is 2. The molecule has 0 spiro atoms. The van der Waals surface area contributed by atoms with E-state index in [1.807, 2.05) is 0 Å². The highest BCUT2D eigenvalue weighted by atomic mass is 35.5. The Hall–Kier alpha value is -3.19. The van der Waals surface area contributed by atoms with E-state index >= 15 is 0 Å². The van der Waals surface area contributed by atoms with Crippen molar-refractivity contribution >= 4 is 40.9 Å². The monoisotopic (exact) mass is 359 g/mol. The molecule has 0 heterocycles. The maximum absolute atomic E-state index is 12.0. The third kappa shape index (κ3) is 4.65. The molecule has 0 unspecified atom stereocenters. The summed E-state index contributed by atoms with van der Waals surface area (Å²) in [5.41, 5.74) is 0.896. The summed E-state index contributed by atoms with van der Waals surface area (Å²) in [4.78, 5) is 34.1. The van der Waals surface area contributed by atoms with Gasteiger partial charge in [-0.15, -0.1) is 0 Å². The fourth-order valence-corrected chi connectivity index (χ4v) is 2.23. The van der Waals surface area contributed by atoms with Crippen molar-refractivity contribution in [2.75, 3.05) is 12.4 Å². The van der Waals surface area contributed by atoms with E-state index < -0.39 is 10.8 Å². The molecule has 0 radical (unpaired) electrons. The van der Waals surface area contributed by atoms with E-state index in [4.69, 9.17) is 11.6 Å². The molecule has 7 nitrogen and oxygen atoms in total. The largest absolute Gasteiger partial charge is 0.355 e. The second-order valence-corrected chi connectivity index (χ2v) is 5.32. The number of nitro benzene ring substituents is 1. The Kier molecular flexibility index (Phi) is 5.86. The molecule has 2 N–H and O–H groups in total. The number of nitrogens with one attached hydrogen (secondary N) is 2. The Morgan fingerprint density at radius 2 is 1.92 bits per heavy atom. The molecule has 2 rings (SSSR count). The van der Waals surface area contributed by atoms with Crippen LogP contribution < -0.4 is 10.6 Å². The molecule has 2 aromatic carbocycles. The molecule has 0 saturated heterocycles. The Morgan fingerprint density at radius 3 is 2.60 bits per heavy atom. The van der Waals surface area contributed by atoms with E-state index in [0.29, 0.717) is 16.8 Å². The van der Waals surface area contributed by atoms with Crippen LogP contribution in [0.4, 0.5) is 11.4 Å². The first kappa shape index (κ1) is 18.2. The average Bonchev–Trinajstić information content (AvgIpc) is 2.60. The van der Waals surface area contributed by atoms with Crippen LogP contribution in [0.5, 0.6) is 0 Å². The van der Waals surface area contributed by atoms with Gasteiger partial charge in [-0.1, -0.05) is 29.8 Å². The van der Waals surface area contributed by atoms with Gasteiger partial charge in [0, 0.05) is 19.2 Å². The number of para-hydroxylation sites is 1. The smallest absolute Gasteiger partial charge is 0.288 e. The number of hydrogen-bond acceptors (Lipinski definition) is 4. The predicted octanol–water partition coefficient (Wildman–Crippen LogP) is 3.26. The van der Waals surface area contributed by atoms with Crippen molar-refractivity contribution in [3.63, 3.8) is 0 Å². The highest BCUT2D eigenvalue weighted by Gasteiger charge is 2.12. The molecule has 2 aromatic rings. The van der Waals surface area contributed by atoms with Crippen LogP contribution in [0.3, 0.4) is 0 Å². The van der Waals surface area contributed by atoms with Crippen molar-refractivity contribution in [3.8, 4) is 0 Å². The minimum absolute atomic E-state index is 0.0195. The third-order valence-corrected chi connectivity index (χ3v) is 3.57. The molecule has 0 aliphatic carbocycles. The minimum atomic E-state index is -0.598. The molecule has 0 saturated carbocycles. The van der Waals surface area contributed by atoms with Gasteiger partial charge in [0.2, 0.25) is 5.91 Å². The second-order valence-electron chi connectivity index (χ2n) is 4.92. The normalized spacial score (nSPS) is 10.5. The number of anilines is 1. The quantitative estimate of drug-likeness (QED) is 0.486. The lowest BCUT2D eigenvalue weighted by molar-refractivity contribution is -0.384. The number of benzene rings is 2. The van der Waals surface area contributed by atoms with Gasteiger partial charge >= 0.3 is 0 Å². The molecule has 0 atom stereocenters. The summed E-state index contributed by atoms with van der Waals surface area (Å²) in [5, 5.41) is 16.0. The zero-order valence-electron chi connectivity index (χ0n) is 13.2. The maximum atomic E-state index is 12.0. The first-order valence-corrected chi connectivity index (χ1v) is 7.54. The van der Waals surface area contributed by atoms with Crippen molar-refractivity contribution in [1.82, 2.24) is 5.32 Å². The van der Waals surface area contributed by atoms with Gasteiger partial charge in [-0.3, -0.25) is 19.7 Å². The zero-order chi connectivity index (χ0) is 18.4. The molecule has 0 bridgehead atoms. The van der Waals surface area contributed by atoms with E-state index in [0.717, 1.165) is 0 Å². The molecular formula is C17H14ClN3O4. The average molecular weight is 360 g/mol. The SMILES string of the molecule is CNC(=O)c1ccccc1NC(=O)/C=C/c1ccc(Cl)c([N+](=O)[O-])c1. The first-order valence-electron chi connectivity index (χ1n) is 7.16. The summed E-state index contributed by atoms with van der Waals surface area (Å²) in [7, 11) is 1.49. The Bertz CT molecular complexity index is 865. The van der Waals surface area contributed by atoms with Crippen LogP contribution in [0.25, 0.3) is 6.08 Å². The number of hydrogen-bond donors (Lipinski definition) is 2. The summed E-state index contributed by atoms with van der Waals surface area (Å²) < 4.78 is 0. The van der Waals surface area contributed by atoms with E-state index in [9.17, 15) is 19.7 Å². The van der Waals surface area contributed by atoms with Crippen molar-refractivity contribution in [3.05, 3.63) is 74.8 Å². The Balaban J connectivity index is 2.16. The van der Waals surface area contributed by atoms with Gasteiger partial charge in [-0.05, 0) is 29.8 Å². The topological polar surface area (TPSA) is 101 Å². The lowest BCUT2D eigenvalue weighted by atomic mass is 10.1. The first-order chi connectivity index (χ1) is 11.9. The fraction of sp³-hybridized carbons (Fsp3) is 0.0588. The Morgan fingerprint density at radius 1 is 1.20 bits per heavy atom. The number of carbonyl (C=O) groups excluding carboxylic acids is 2. The summed E-state index contributed by atoms with van der Waals surface area (Å²) in [5.74, 6) is -0.804. The minimum Gasteiger partial charge on any atom is -0.355 e. The number of nitrogens with zero attached hydrogens (tertiary/aromatic N) is 1. The predicted molar refractivity (Wildman–Crippen MR) is 95.6 cm³/mol. The molecule has 0 fully saturated rings. The highest BCUT2D eigenvalue weighted by Crippen LogP contribution is 2.25. The zero-order valence-corrected chi connectivity index (χ0v) is 13.9. The second kappa shape index (κ2) is 8.07. The van der Waals surface area contributed by atoms with E-state index in [2.05, 4.69) is 10.6 Å². The van der Waals surface area contributed by atoms with Crippen LogP contribution in [0.2, 0.25) is 5.02 Å². The standard InChI is InChI=1S/C17H14ClN3O4/c1-19-17(23)12-4-2-3-5-14(12)20-16(22)9-7-11-6-8-13(18)15(10-11)21(24)25/h2-10H,1H3,(H,19,23)(H,20,22)/b9-7+. The molecule has 128 valence electrons. The Labute approximate surface area is 148 Å². The van der Waals surface area contributed by atoms with Crippen molar-refractivity contribution in [2.45, 2.75) is 0 Å². The van der Waals surface area contributed by atoms with Crippen molar-refractivity contribution < 1.29 is 14.5 Å². The summed E-state index contributed by atoms with van der Waals surface area (Å²) in [6.45, 7) is 0. The van der Waals surface area contributed by atoms with Crippen LogP contribution >= 0.6 is 11.6 Å². The van der Waals surface area contributed by atoms with Gasteiger partial charge in [0.25, 0.3) is 11.6 Å². The van der Waals surface area contributed by atoms with Crippen molar-refractivity contribution in [2.24, 2.45) is 0 Å². The number of nitro groups is 1.